The molecule has 0 unspecified atom stereocenters. The monoisotopic (exact) mass is 320 g/mol. The number of piperidine rings is 1. The van der Waals surface area contributed by atoms with Gasteiger partial charge in [-0.2, -0.15) is 0 Å². The van der Waals surface area contributed by atoms with Gasteiger partial charge in [0.25, 0.3) is 0 Å². The quantitative estimate of drug-likeness (QED) is 0.573. The van der Waals surface area contributed by atoms with E-state index in [2.05, 4.69) is 26.5 Å². The van der Waals surface area contributed by atoms with Crippen molar-refractivity contribution in [2.75, 3.05) is 13.1 Å². The number of hydrogen-bond acceptors (Lipinski definition) is 4. The molecule has 1 fully saturated rings. The van der Waals surface area contributed by atoms with E-state index in [1.54, 1.807) is 6.20 Å². The van der Waals surface area contributed by atoms with Crippen molar-refractivity contribution in [2.45, 2.75) is 18.9 Å². The van der Waals surface area contributed by atoms with Crippen molar-refractivity contribution in [1.82, 2.24) is 15.3 Å². The van der Waals surface area contributed by atoms with Crippen LogP contribution in [0.25, 0.3) is 10.9 Å². The Kier molecular flexibility index (Phi) is 4.25. The van der Waals surface area contributed by atoms with E-state index in [4.69, 9.17) is 4.84 Å². The Morgan fingerprint density at radius 3 is 2.75 bits per heavy atom. The summed E-state index contributed by atoms with van der Waals surface area (Å²) in [4.78, 5) is 13.4. The number of H-pyrrole nitrogens is 1. The molecule has 3 heterocycles. The number of hydrogen-bond donors (Lipinski definition) is 2. The van der Waals surface area contributed by atoms with Crippen molar-refractivity contribution in [3.05, 3.63) is 66.1 Å². The average molecular weight is 320 g/mol. The number of aromatic nitrogens is 2. The van der Waals surface area contributed by atoms with Crippen LogP contribution in [0.2, 0.25) is 0 Å². The lowest BCUT2D eigenvalue weighted by Gasteiger charge is -2.21. The molecule has 2 aromatic heterocycles. The molecule has 0 saturated carbocycles. The Balaban J connectivity index is 1.69. The Labute approximate surface area is 140 Å². The van der Waals surface area contributed by atoms with Crippen LogP contribution >= 0.6 is 0 Å². The van der Waals surface area contributed by atoms with Gasteiger partial charge >= 0.3 is 0 Å². The summed E-state index contributed by atoms with van der Waals surface area (Å²) in [6, 6.07) is 14.2. The maximum Gasteiger partial charge on any atom is 0.133 e. The molecule has 0 radical (unpaired) electrons. The smallest absolute Gasteiger partial charge is 0.133 e. The standard InChI is InChI=1S/C19H20N4O/c1-2-4-14(5-3-1)19(23-24-16-7-10-20-11-8-16)17-12-15-6-9-21-13-18(15)22-17/h1-6,9,12-13,16,20,22H,7-8,10-11H2. The molecule has 0 aliphatic carbocycles. The number of pyridine rings is 1. The number of fused-ring (bicyclic) bond motifs is 1. The van der Waals surface area contributed by atoms with Gasteiger partial charge in [-0.25, -0.2) is 0 Å². The molecule has 1 aliphatic rings. The van der Waals surface area contributed by atoms with Crippen LogP contribution in [0.3, 0.4) is 0 Å². The lowest BCUT2D eigenvalue weighted by molar-refractivity contribution is 0.0379. The van der Waals surface area contributed by atoms with Crippen molar-refractivity contribution in [1.29, 1.82) is 0 Å². The van der Waals surface area contributed by atoms with Gasteiger partial charge in [-0.15, -0.1) is 0 Å². The van der Waals surface area contributed by atoms with Crippen LogP contribution in [0.4, 0.5) is 0 Å². The minimum absolute atomic E-state index is 0.177. The minimum Gasteiger partial charge on any atom is -0.392 e. The number of rotatable bonds is 4. The van der Waals surface area contributed by atoms with Gasteiger partial charge < -0.3 is 15.1 Å². The number of nitrogens with one attached hydrogen (secondary N) is 2. The van der Waals surface area contributed by atoms with Crippen molar-refractivity contribution < 1.29 is 4.84 Å². The Hall–Kier alpha value is -2.66. The summed E-state index contributed by atoms with van der Waals surface area (Å²) in [6.07, 6.45) is 5.78. The molecular formula is C19H20N4O. The van der Waals surface area contributed by atoms with Crippen molar-refractivity contribution in [3.8, 4) is 0 Å². The number of oxime groups is 1. The van der Waals surface area contributed by atoms with Gasteiger partial charge in [0.05, 0.1) is 17.4 Å². The Bertz CT molecular complexity index is 802. The first-order valence-corrected chi connectivity index (χ1v) is 8.33. The van der Waals surface area contributed by atoms with Crippen LogP contribution in [0.15, 0.2) is 60.0 Å². The molecule has 1 aromatic carbocycles. The lowest BCUT2D eigenvalue weighted by atomic mass is 10.1. The maximum atomic E-state index is 5.86. The first-order valence-electron chi connectivity index (χ1n) is 8.33. The summed E-state index contributed by atoms with van der Waals surface area (Å²) in [5, 5.41) is 8.98. The van der Waals surface area contributed by atoms with Crippen LogP contribution in [-0.2, 0) is 4.84 Å². The van der Waals surface area contributed by atoms with E-state index in [1.165, 1.54) is 0 Å². The Morgan fingerprint density at radius 1 is 1.12 bits per heavy atom. The van der Waals surface area contributed by atoms with Crippen molar-refractivity contribution >= 4 is 16.6 Å². The highest BCUT2D eigenvalue weighted by atomic mass is 16.6. The van der Waals surface area contributed by atoms with Gasteiger partial charge in [0.2, 0.25) is 0 Å². The van der Waals surface area contributed by atoms with Crippen LogP contribution in [-0.4, -0.2) is 34.9 Å². The summed E-state index contributed by atoms with van der Waals surface area (Å²) in [7, 11) is 0. The SMILES string of the molecule is c1ccc(C(=NOC2CCNCC2)c2cc3ccncc3[nH]2)cc1. The molecular weight excluding hydrogens is 300 g/mol. The fraction of sp³-hybridized carbons (Fsp3) is 0.263. The zero-order valence-corrected chi connectivity index (χ0v) is 13.4. The van der Waals surface area contributed by atoms with E-state index in [0.29, 0.717) is 0 Å². The van der Waals surface area contributed by atoms with Crippen LogP contribution < -0.4 is 5.32 Å². The second kappa shape index (κ2) is 6.84. The first-order chi connectivity index (χ1) is 11.9. The minimum atomic E-state index is 0.177. The molecule has 0 atom stereocenters. The molecule has 5 nitrogen and oxygen atoms in total. The van der Waals surface area contributed by atoms with Crippen LogP contribution in [0.5, 0.6) is 0 Å². The third-order valence-electron chi connectivity index (χ3n) is 4.31. The highest BCUT2D eigenvalue weighted by molar-refractivity contribution is 6.13. The van der Waals surface area contributed by atoms with Gasteiger partial charge in [0.15, 0.2) is 0 Å². The summed E-state index contributed by atoms with van der Waals surface area (Å²) in [5.41, 5.74) is 3.80. The maximum absolute atomic E-state index is 5.86. The van der Waals surface area contributed by atoms with Gasteiger partial charge in [-0.1, -0.05) is 35.5 Å². The third-order valence-corrected chi connectivity index (χ3v) is 4.31. The fourth-order valence-electron chi connectivity index (χ4n) is 2.98. The summed E-state index contributed by atoms with van der Waals surface area (Å²) in [6.45, 7) is 1.97. The van der Waals surface area contributed by atoms with E-state index >= 15 is 0 Å². The largest absolute Gasteiger partial charge is 0.392 e. The summed E-state index contributed by atoms with van der Waals surface area (Å²) < 4.78 is 0. The predicted molar refractivity (Wildman–Crippen MR) is 95.2 cm³/mol. The third kappa shape index (κ3) is 3.16. The van der Waals surface area contributed by atoms with Gasteiger partial charge in [0.1, 0.15) is 11.8 Å². The van der Waals surface area contributed by atoms with Crippen LogP contribution in [0, 0.1) is 0 Å². The van der Waals surface area contributed by atoms with Gasteiger partial charge in [-0.3, -0.25) is 4.98 Å². The van der Waals surface area contributed by atoms with E-state index in [9.17, 15) is 0 Å². The predicted octanol–water partition coefficient (Wildman–Crippen LogP) is 3.08. The lowest BCUT2D eigenvalue weighted by Crippen LogP contribution is -2.31. The molecule has 2 N–H and O–H groups in total. The molecule has 4 rings (SSSR count). The molecule has 24 heavy (non-hydrogen) atoms. The van der Waals surface area contributed by atoms with Crippen LogP contribution in [0.1, 0.15) is 24.1 Å². The second-order valence-corrected chi connectivity index (χ2v) is 6.01. The molecule has 0 spiro atoms. The number of benzene rings is 1. The van der Waals surface area contributed by atoms with Gasteiger partial charge in [0, 0.05) is 17.1 Å². The molecule has 1 saturated heterocycles. The summed E-state index contributed by atoms with van der Waals surface area (Å²) in [5.74, 6) is 0. The molecule has 0 bridgehead atoms. The average Bonchev–Trinajstić information content (AvgIpc) is 3.07. The molecule has 3 aromatic rings. The Morgan fingerprint density at radius 2 is 1.96 bits per heavy atom. The van der Waals surface area contributed by atoms with Crippen molar-refractivity contribution in [3.63, 3.8) is 0 Å². The first kappa shape index (κ1) is 14.9. The van der Waals surface area contributed by atoms with Crippen molar-refractivity contribution in [2.24, 2.45) is 5.16 Å². The molecule has 122 valence electrons. The summed E-state index contributed by atoms with van der Waals surface area (Å²) >= 11 is 0. The zero-order valence-electron chi connectivity index (χ0n) is 13.4. The number of nitrogens with zero attached hydrogens (tertiary/aromatic N) is 2. The van der Waals surface area contributed by atoms with E-state index < -0.39 is 0 Å². The zero-order chi connectivity index (χ0) is 16.2. The topological polar surface area (TPSA) is 62.3 Å². The molecule has 1 aliphatic heterocycles. The molecule has 5 heteroatoms. The van der Waals surface area contributed by atoms with Gasteiger partial charge in [-0.05, 0) is 38.1 Å². The van der Waals surface area contributed by atoms with E-state index in [-0.39, 0.29) is 6.10 Å². The number of aromatic amines is 1. The highest BCUT2D eigenvalue weighted by Crippen LogP contribution is 2.18. The molecule has 0 amide bonds. The van der Waals surface area contributed by atoms with E-state index in [0.717, 1.165) is 53.8 Å². The highest BCUT2D eigenvalue weighted by Gasteiger charge is 2.16. The fourth-order valence-corrected chi connectivity index (χ4v) is 2.98. The second-order valence-electron chi connectivity index (χ2n) is 6.01. The normalized spacial score (nSPS) is 16.4. The van der Waals surface area contributed by atoms with E-state index in [1.807, 2.05) is 42.6 Å².